The Morgan fingerprint density at radius 2 is 1.95 bits per heavy atom. The molecular formula is C17H21NO4. The van der Waals surface area contributed by atoms with Crippen LogP contribution in [0.5, 0.6) is 0 Å². The lowest BCUT2D eigenvalue weighted by molar-refractivity contribution is -0.137. The average Bonchev–Trinajstić information content (AvgIpc) is 2.73. The summed E-state index contributed by atoms with van der Waals surface area (Å²) in [5, 5.41) is 0. The molecule has 1 spiro atoms. The maximum absolute atomic E-state index is 12.0. The van der Waals surface area contributed by atoms with Crippen LogP contribution in [-0.4, -0.2) is 35.5 Å². The lowest BCUT2D eigenvalue weighted by Crippen LogP contribution is -2.61. The number of fused-ring (bicyclic) bond motifs is 2. The normalized spacial score (nSPS) is 18.8. The molecule has 5 heteroatoms. The van der Waals surface area contributed by atoms with Gasteiger partial charge in [0.1, 0.15) is 11.2 Å². The number of nitrogens with zero attached hydrogens (tertiary/aromatic N) is 1. The number of hydrogen-bond acceptors (Lipinski definition) is 4. The first-order valence-electron chi connectivity index (χ1n) is 7.46. The highest BCUT2D eigenvalue weighted by Crippen LogP contribution is 2.44. The third-order valence-corrected chi connectivity index (χ3v) is 4.05. The molecule has 0 radical (unpaired) electrons. The molecular weight excluding hydrogens is 282 g/mol. The van der Waals surface area contributed by atoms with Crippen molar-refractivity contribution in [2.45, 2.75) is 45.5 Å². The van der Waals surface area contributed by atoms with Gasteiger partial charge in [-0.25, -0.2) is 4.79 Å². The molecule has 3 rings (SSSR count). The molecule has 0 atom stereocenters. The Hall–Kier alpha value is -1.88. The van der Waals surface area contributed by atoms with Crippen molar-refractivity contribution < 1.29 is 19.1 Å². The molecule has 0 aliphatic carbocycles. The largest absolute Gasteiger partial charge is 0.444 e. The van der Waals surface area contributed by atoms with E-state index >= 15 is 0 Å². The lowest BCUT2D eigenvalue weighted by atomic mass is 9.85. The molecule has 118 valence electrons. The molecule has 1 saturated heterocycles. The van der Waals surface area contributed by atoms with Gasteiger partial charge in [0.25, 0.3) is 0 Å². The van der Waals surface area contributed by atoms with Crippen molar-refractivity contribution in [3.63, 3.8) is 0 Å². The molecule has 22 heavy (non-hydrogen) atoms. The first kappa shape index (κ1) is 15.0. The van der Waals surface area contributed by atoms with E-state index in [-0.39, 0.29) is 11.9 Å². The van der Waals surface area contributed by atoms with Crippen LogP contribution < -0.4 is 0 Å². The van der Waals surface area contributed by atoms with Crippen LogP contribution in [-0.2, 0) is 21.7 Å². The number of likely N-dealkylation sites (tertiary alicyclic amines) is 1. The fourth-order valence-electron chi connectivity index (χ4n) is 2.96. The van der Waals surface area contributed by atoms with Crippen LogP contribution in [0.3, 0.4) is 0 Å². The predicted molar refractivity (Wildman–Crippen MR) is 80.7 cm³/mol. The van der Waals surface area contributed by atoms with Crippen molar-refractivity contribution in [2.75, 3.05) is 13.1 Å². The van der Waals surface area contributed by atoms with E-state index in [9.17, 15) is 9.59 Å². The molecule has 1 aromatic rings. The second-order valence-corrected chi connectivity index (χ2v) is 7.05. The second kappa shape index (κ2) is 4.81. The third kappa shape index (κ3) is 2.50. The molecule has 1 amide bonds. The molecule has 2 heterocycles. The number of rotatable bonds is 1. The summed E-state index contributed by atoms with van der Waals surface area (Å²) in [7, 11) is 0. The second-order valence-electron chi connectivity index (χ2n) is 7.05. The third-order valence-electron chi connectivity index (χ3n) is 4.05. The van der Waals surface area contributed by atoms with Crippen molar-refractivity contribution in [3.8, 4) is 0 Å². The number of carbonyl (C=O) groups excluding carboxylic acids is 2. The number of carbonyl (C=O) groups is 2. The van der Waals surface area contributed by atoms with Crippen molar-refractivity contribution >= 4 is 11.9 Å². The van der Waals surface area contributed by atoms with Crippen LogP contribution in [0.4, 0.5) is 4.79 Å². The first-order chi connectivity index (χ1) is 10.2. The van der Waals surface area contributed by atoms with Gasteiger partial charge in [-0.1, -0.05) is 12.1 Å². The van der Waals surface area contributed by atoms with Gasteiger partial charge in [0, 0.05) is 5.56 Å². The number of ketones is 1. The Morgan fingerprint density at radius 3 is 2.55 bits per heavy atom. The highest BCUT2D eigenvalue weighted by molar-refractivity contribution is 5.94. The molecule has 0 bridgehead atoms. The fourth-order valence-corrected chi connectivity index (χ4v) is 2.96. The van der Waals surface area contributed by atoms with E-state index in [1.165, 1.54) is 0 Å². The minimum Gasteiger partial charge on any atom is -0.444 e. The van der Waals surface area contributed by atoms with Gasteiger partial charge < -0.3 is 14.4 Å². The van der Waals surface area contributed by atoms with E-state index in [4.69, 9.17) is 9.47 Å². The molecule has 5 nitrogen and oxygen atoms in total. The Kier molecular flexibility index (Phi) is 3.29. The predicted octanol–water partition coefficient (Wildman–Crippen LogP) is 2.87. The Morgan fingerprint density at radius 1 is 1.27 bits per heavy atom. The fraction of sp³-hybridized carbons (Fsp3) is 0.529. The van der Waals surface area contributed by atoms with E-state index in [0.29, 0.717) is 25.3 Å². The van der Waals surface area contributed by atoms with Gasteiger partial charge in [0.2, 0.25) is 0 Å². The van der Waals surface area contributed by atoms with Crippen LogP contribution in [0.15, 0.2) is 18.2 Å². The minimum atomic E-state index is -0.495. The van der Waals surface area contributed by atoms with E-state index < -0.39 is 11.2 Å². The Balaban J connectivity index is 1.73. The van der Waals surface area contributed by atoms with Crippen LogP contribution >= 0.6 is 0 Å². The van der Waals surface area contributed by atoms with E-state index in [2.05, 4.69) is 0 Å². The molecule has 0 N–H and O–H groups in total. The van der Waals surface area contributed by atoms with Crippen molar-refractivity contribution in [3.05, 3.63) is 34.9 Å². The number of ether oxygens (including phenoxy) is 2. The lowest BCUT2D eigenvalue weighted by Gasteiger charge is -2.47. The van der Waals surface area contributed by atoms with Crippen LogP contribution in [0.1, 0.15) is 49.2 Å². The zero-order valence-electron chi connectivity index (χ0n) is 13.4. The molecule has 2 aliphatic rings. The summed E-state index contributed by atoms with van der Waals surface area (Å²) >= 11 is 0. The summed E-state index contributed by atoms with van der Waals surface area (Å²) in [6.07, 6.45) is -0.310. The van der Waals surface area contributed by atoms with Crippen LogP contribution in [0, 0.1) is 0 Å². The van der Waals surface area contributed by atoms with Crippen molar-refractivity contribution in [2.24, 2.45) is 0 Å². The summed E-state index contributed by atoms with van der Waals surface area (Å²) in [4.78, 5) is 25.1. The summed E-state index contributed by atoms with van der Waals surface area (Å²) in [5.74, 6) is 0.0488. The number of amides is 1. The maximum Gasteiger partial charge on any atom is 0.410 e. The number of benzene rings is 1. The quantitative estimate of drug-likeness (QED) is 0.749. The maximum atomic E-state index is 12.0. The monoisotopic (exact) mass is 303 g/mol. The standard InChI is InChI=1S/C17H21NO4/c1-11(19)12-5-6-14-13(7-12)8-21-17(14)9-18(10-17)15(20)22-16(2,3)4/h5-7H,8-10H2,1-4H3. The molecule has 1 fully saturated rings. The zero-order valence-corrected chi connectivity index (χ0v) is 13.4. The first-order valence-corrected chi connectivity index (χ1v) is 7.46. The van der Waals surface area contributed by atoms with E-state index in [0.717, 1.165) is 11.1 Å². The van der Waals surface area contributed by atoms with Gasteiger partial charge in [-0.3, -0.25) is 4.79 Å². The van der Waals surface area contributed by atoms with Gasteiger partial charge in [-0.05, 0) is 44.9 Å². The van der Waals surface area contributed by atoms with E-state index in [1.54, 1.807) is 11.8 Å². The Bertz CT molecular complexity index is 639. The van der Waals surface area contributed by atoms with Gasteiger partial charge in [0.05, 0.1) is 19.7 Å². The topological polar surface area (TPSA) is 55.8 Å². The highest BCUT2D eigenvalue weighted by Gasteiger charge is 2.52. The number of Topliss-reactive ketones (excluding diaryl/α,β-unsaturated/α-hetero) is 1. The minimum absolute atomic E-state index is 0.0488. The van der Waals surface area contributed by atoms with Crippen LogP contribution in [0.2, 0.25) is 0 Å². The molecule has 2 aliphatic heterocycles. The SMILES string of the molecule is CC(=O)c1ccc2c(c1)COC21CN(C(=O)OC(C)(C)C)C1. The summed E-state index contributed by atoms with van der Waals surface area (Å²) in [6, 6.07) is 5.67. The zero-order chi connectivity index (χ0) is 16.1. The number of hydrogen-bond donors (Lipinski definition) is 0. The molecule has 0 saturated carbocycles. The summed E-state index contributed by atoms with van der Waals surface area (Å²) < 4.78 is 11.3. The van der Waals surface area contributed by atoms with E-state index in [1.807, 2.05) is 39.0 Å². The van der Waals surface area contributed by atoms with Gasteiger partial charge in [-0.2, -0.15) is 0 Å². The summed E-state index contributed by atoms with van der Waals surface area (Å²) in [6.45, 7) is 8.59. The van der Waals surface area contributed by atoms with Crippen molar-refractivity contribution in [1.29, 1.82) is 0 Å². The smallest absolute Gasteiger partial charge is 0.410 e. The van der Waals surface area contributed by atoms with Crippen molar-refractivity contribution in [1.82, 2.24) is 4.90 Å². The van der Waals surface area contributed by atoms with Gasteiger partial charge >= 0.3 is 6.09 Å². The van der Waals surface area contributed by atoms with Crippen LogP contribution in [0.25, 0.3) is 0 Å². The molecule has 0 aromatic heterocycles. The molecule has 1 aromatic carbocycles. The van der Waals surface area contributed by atoms with Gasteiger partial charge in [-0.15, -0.1) is 0 Å². The Labute approximate surface area is 130 Å². The highest BCUT2D eigenvalue weighted by atomic mass is 16.6. The summed E-state index contributed by atoms with van der Waals surface area (Å²) in [5.41, 5.74) is 1.89. The average molecular weight is 303 g/mol. The molecule has 0 unspecified atom stereocenters. The van der Waals surface area contributed by atoms with Gasteiger partial charge in [0.15, 0.2) is 5.78 Å².